The molecule has 3 fully saturated rings. The summed E-state index contributed by atoms with van der Waals surface area (Å²) in [6, 6.07) is 9.01. The van der Waals surface area contributed by atoms with Gasteiger partial charge in [-0.05, 0) is 76.5 Å². The highest BCUT2D eigenvalue weighted by Crippen LogP contribution is 2.40. The van der Waals surface area contributed by atoms with Gasteiger partial charge in [0.1, 0.15) is 11.5 Å². The van der Waals surface area contributed by atoms with Gasteiger partial charge in [0.25, 0.3) is 0 Å². The monoisotopic (exact) mass is 714 g/mol. The third-order valence-corrected chi connectivity index (χ3v) is 10.9. The number of aromatic nitrogens is 6. The second-order valence-corrected chi connectivity index (χ2v) is 14.3. The molecule has 0 spiro atoms. The number of piperidine rings is 1. The Morgan fingerprint density at radius 3 is 2.60 bits per heavy atom. The highest BCUT2D eigenvalue weighted by atomic mass is 19.1. The van der Waals surface area contributed by atoms with Gasteiger partial charge in [-0.15, -0.1) is 5.10 Å². The zero-order chi connectivity index (χ0) is 35.8. The number of hydrogen-bond acceptors (Lipinski definition) is 11. The lowest BCUT2D eigenvalue weighted by molar-refractivity contribution is -0.251. The lowest BCUT2D eigenvalue weighted by atomic mass is 9.80. The van der Waals surface area contributed by atoms with Gasteiger partial charge in [-0.25, -0.2) is 14.4 Å². The van der Waals surface area contributed by atoms with Crippen molar-refractivity contribution >= 4 is 28.2 Å². The number of halogens is 1. The average molecular weight is 715 g/mol. The van der Waals surface area contributed by atoms with Crippen molar-refractivity contribution in [2.24, 2.45) is 0 Å². The van der Waals surface area contributed by atoms with E-state index in [0.717, 1.165) is 75.8 Å². The van der Waals surface area contributed by atoms with Gasteiger partial charge in [-0.2, -0.15) is 9.61 Å². The molecule has 1 aliphatic carbocycles. The van der Waals surface area contributed by atoms with E-state index in [2.05, 4.69) is 23.3 Å². The van der Waals surface area contributed by atoms with Crippen LogP contribution in [0.5, 0.6) is 17.2 Å². The summed E-state index contributed by atoms with van der Waals surface area (Å²) in [5.74, 6) is 2.21. The van der Waals surface area contributed by atoms with Crippen LogP contribution >= 0.6 is 0 Å². The SMILES string of the molecule is COc1ccc(CNc2nc3cc(OC)c(F)cc3c3nc(C4CCC(C)N(c5cnn(CC6(OC7CCCCO7)CCC6)c5)C4)nn23)c(OC)c1. The molecule has 2 aromatic carbocycles. The predicted molar refractivity (Wildman–Crippen MR) is 194 cm³/mol. The van der Waals surface area contributed by atoms with E-state index in [0.29, 0.717) is 59.0 Å². The van der Waals surface area contributed by atoms with Crippen molar-refractivity contribution in [3.8, 4) is 17.2 Å². The van der Waals surface area contributed by atoms with Crippen LogP contribution < -0.4 is 24.4 Å². The molecule has 1 saturated carbocycles. The molecule has 5 aromatic rings. The molecule has 13 nitrogen and oxygen atoms in total. The molecule has 0 bridgehead atoms. The van der Waals surface area contributed by atoms with Crippen LogP contribution in [0.15, 0.2) is 42.7 Å². The molecule has 3 atom stereocenters. The van der Waals surface area contributed by atoms with E-state index >= 15 is 4.39 Å². The van der Waals surface area contributed by atoms with E-state index in [4.69, 9.17) is 43.8 Å². The first-order chi connectivity index (χ1) is 25.3. The Balaban J connectivity index is 1.06. The second-order valence-electron chi connectivity index (χ2n) is 14.3. The van der Waals surface area contributed by atoms with Crippen LogP contribution in [0.4, 0.5) is 16.0 Å². The Morgan fingerprint density at radius 2 is 1.85 bits per heavy atom. The molecule has 14 heteroatoms. The summed E-state index contributed by atoms with van der Waals surface area (Å²) in [5.41, 5.74) is 2.83. The van der Waals surface area contributed by atoms with E-state index < -0.39 is 5.82 Å². The molecule has 3 aliphatic rings. The zero-order valence-electron chi connectivity index (χ0n) is 30.3. The van der Waals surface area contributed by atoms with Crippen molar-refractivity contribution in [3.05, 3.63) is 59.9 Å². The molecule has 2 aliphatic heterocycles. The van der Waals surface area contributed by atoms with Crippen molar-refractivity contribution < 1.29 is 28.1 Å². The van der Waals surface area contributed by atoms with Crippen LogP contribution in [-0.4, -0.2) is 81.8 Å². The minimum atomic E-state index is -0.484. The number of ether oxygens (including phenoxy) is 5. The number of nitrogens with zero attached hydrogens (tertiary/aromatic N) is 7. The quantitative estimate of drug-likeness (QED) is 0.153. The Kier molecular flexibility index (Phi) is 9.51. The fourth-order valence-electron chi connectivity index (χ4n) is 7.77. The number of hydrogen-bond donors (Lipinski definition) is 1. The number of benzene rings is 2. The number of rotatable bonds is 12. The summed E-state index contributed by atoms with van der Waals surface area (Å²) in [6.07, 6.45) is 12.3. The fourth-order valence-corrected chi connectivity index (χ4v) is 7.77. The van der Waals surface area contributed by atoms with Crippen LogP contribution in [0.1, 0.15) is 75.6 Å². The second kappa shape index (κ2) is 14.4. The number of anilines is 2. The Bertz CT molecular complexity index is 2040. The van der Waals surface area contributed by atoms with Gasteiger partial charge < -0.3 is 33.9 Å². The van der Waals surface area contributed by atoms with Gasteiger partial charge >= 0.3 is 0 Å². The number of nitrogens with one attached hydrogen (secondary N) is 1. The lowest BCUT2D eigenvalue weighted by Crippen LogP contribution is -2.47. The molecule has 0 radical (unpaired) electrons. The van der Waals surface area contributed by atoms with Crippen LogP contribution in [0.3, 0.4) is 0 Å². The van der Waals surface area contributed by atoms with Gasteiger partial charge in [0.2, 0.25) is 5.95 Å². The smallest absolute Gasteiger partial charge is 0.226 e. The first-order valence-corrected chi connectivity index (χ1v) is 18.3. The van der Waals surface area contributed by atoms with E-state index in [1.807, 2.05) is 29.1 Å². The van der Waals surface area contributed by atoms with Gasteiger partial charge in [-0.3, -0.25) is 4.68 Å². The third kappa shape index (κ3) is 6.69. The molecule has 0 amide bonds. The molecule has 1 N–H and O–H groups in total. The largest absolute Gasteiger partial charge is 0.497 e. The normalized spacial score (nSPS) is 21.6. The molecule has 3 unspecified atom stereocenters. The highest BCUT2D eigenvalue weighted by molar-refractivity contribution is 5.93. The van der Waals surface area contributed by atoms with E-state index in [9.17, 15) is 0 Å². The molecule has 52 heavy (non-hydrogen) atoms. The van der Waals surface area contributed by atoms with Gasteiger partial charge in [-0.1, -0.05) is 0 Å². The maximum Gasteiger partial charge on any atom is 0.226 e. The standard InChI is InChI=1S/C38H47FN8O5/c1-24-9-10-26(21-46(24)27-20-41-45(22-27)23-38(13-7-14-38)52-34-8-5-6-15-51-34)35-43-36-29-17-30(39)33(50-4)18-31(29)42-37(47(36)44-35)40-19-25-11-12-28(48-2)16-32(25)49-3/h11-12,16-18,20,22,24,26,34H,5-10,13-15,19,21,23H2,1-4H3,(H,40,42). The first kappa shape index (κ1) is 34.4. The van der Waals surface area contributed by atoms with Crippen molar-refractivity contribution in [3.63, 3.8) is 0 Å². The first-order valence-electron chi connectivity index (χ1n) is 18.3. The van der Waals surface area contributed by atoms with Gasteiger partial charge in [0, 0.05) is 60.9 Å². The molecule has 5 heterocycles. The van der Waals surface area contributed by atoms with E-state index in [1.54, 1.807) is 24.8 Å². The fraction of sp³-hybridized carbons (Fsp3) is 0.526. The minimum Gasteiger partial charge on any atom is -0.497 e. The van der Waals surface area contributed by atoms with Crippen LogP contribution in [-0.2, 0) is 22.6 Å². The highest BCUT2D eigenvalue weighted by Gasteiger charge is 2.42. The Labute approximate surface area is 302 Å². The summed E-state index contributed by atoms with van der Waals surface area (Å²) >= 11 is 0. The zero-order valence-corrected chi connectivity index (χ0v) is 30.3. The summed E-state index contributed by atoms with van der Waals surface area (Å²) in [5, 5.41) is 13.8. The topological polar surface area (TPSA) is 122 Å². The Morgan fingerprint density at radius 1 is 0.981 bits per heavy atom. The van der Waals surface area contributed by atoms with Crippen LogP contribution in [0.2, 0.25) is 0 Å². The predicted octanol–water partition coefficient (Wildman–Crippen LogP) is 6.49. The maximum absolute atomic E-state index is 15.1. The van der Waals surface area contributed by atoms with E-state index in [1.165, 1.54) is 13.2 Å². The summed E-state index contributed by atoms with van der Waals surface area (Å²) < 4.78 is 47.6. The molecular formula is C38H47FN8O5. The van der Waals surface area contributed by atoms with Crippen molar-refractivity contribution in [1.82, 2.24) is 29.4 Å². The van der Waals surface area contributed by atoms with Gasteiger partial charge in [0.15, 0.2) is 29.3 Å². The van der Waals surface area contributed by atoms with Crippen molar-refractivity contribution in [1.29, 1.82) is 0 Å². The molecule has 2 saturated heterocycles. The Hall–Kier alpha value is -4.69. The molecular weight excluding hydrogens is 667 g/mol. The molecule has 3 aromatic heterocycles. The average Bonchev–Trinajstić information content (AvgIpc) is 3.82. The van der Waals surface area contributed by atoms with Crippen molar-refractivity contribution in [2.75, 3.05) is 44.7 Å². The summed E-state index contributed by atoms with van der Waals surface area (Å²) in [6.45, 7) is 4.86. The van der Waals surface area contributed by atoms with Crippen LogP contribution in [0.25, 0.3) is 16.6 Å². The van der Waals surface area contributed by atoms with E-state index in [-0.39, 0.29) is 23.6 Å². The number of fused-ring (bicyclic) bond motifs is 3. The van der Waals surface area contributed by atoms with Crippen molar-refractivity contribution in [2.45, 2.75) is 95.2 Å². The lowest BCUT2D eigenvalue weighted by Gasteiger charge is -2.44. The molecule has 8 rings (SSSR count). The minimum absolute atomic E-state index is 0.0388. The molecule has 276 valence electrons. The number of methoxy groups -OCH3 is 3. The maximum atomic E-state index is 15.1. The van der Waals surface area contributed by atoms with Gasteiger partial charge in [0.05, 0.1) is 50.9 Å². The van der Waals surface area contributed by atoms with Crippen LogP contribution in [0, 0.1) is 5.82 Å². The summed E-state index contributed by atoms with van der Waals surface area (Å²) in [7, 11) is 4.69. The third-order valence-electron chi connectivity index (χ3n) is 10.9. The summed E-state index contributed by atoms with van der Waals surface area (Å²) in [4.78, 5) is 12.3.